The minimum Gasteiger partial charge on any atom is -0.384 e. The van der Waals surface area contributed by atoms with Gasteiger partial charge in [0.05, 0.1) is 6.61 Å². The molecule has 14 heavy (non-hydrogen) atoms. The standard InChI is InChI=1S/C11H14BrFO/c1-14-8-10(12)7-6-9-4-2-3-5-11(9)13/h2-5,10H,6-8H2,1H3. The summed E-state index contributed by atoms with van der Waals surface area (Å²) in [6.45, 7) is 0.661. The zero-order valence-corrected chi connectivity index (χ0v) is 9.76. The Bertz CT molecular complexity index is 278. The lowest BCUT2D eigenvalue weighted by Gasteiger charge is -2.08. The molecule has 1 atom stereocenters. The van der Waals surface area contributed by atoms with Crippen LogP contribution in [0.2, 0.25) is 0 Å². The third-order valence-electron chi connectivity index (χ3n) is 2.03. The average Bonchev–Trinajstić information content (AvgIpc) is 2.17. The molecule has 0 fully saturated rings. The Morgan fingerprint density at radius 1 is 1.43 bits per heavy atom. The number of hydrogen-bond donors (Lipinski definition) is 0. The molecule has 1 aromatic carbocycles. The summed E-state index contributed by atoms with van der Waals surface area (Å²) >= 11 is 3.47. The van der Waals surface area contributed by atoms with E-state index < -0.39 is 0 Å². The van der Waals surface area contributed by atoms with Crippen molar-refractivity contribution in [1.82, 2.24) is 0 Å². The zero-order valence-electron chi connectivity index (χ0n) is 8.17. The fraction of sp³-hybridized carbons (Fsp3) is 0.455. The van der Waals surface area contributed by atoms with E-state index in [1.807, 2.05) is 12.1 Å². The Morgan fingerprint density at radius 2 is 2.14 bits per heavy atom. The van der Waals surface area contributed by atoms with Crippen LogP contribution in [0, 0.1) is 5.82 Å². The van der Waals surface area contributed by atoms with Gasteiger partial charge in [-0.3, -0.25) is 0 Å². The third-order valence-corrected chi connectivity index (χ3v) is 2.75. The summed E-state index contributed by atoms with van der Waals surface area (Å²) in [7, 11) is 1.66. The van der Waals surface area contributed by atoms with E-state index in [-0.39, 0.29) is 5.82 Å². The van der Waals surface area contributed by atoms with E-state index in [0.29, 0.717) is 11.4 Å². The highest BCUT2D eigenvalue weighted by Crippen LogP contribution is 2.13. The van der Waals surface area contributed by atoms with Crippen LogP contribution in [0.4, 0.5) is 4.39 Å². The van der Waals surface area contributed by atoms with Gasteiger partial charge in [0.25, 0.3) is 0 Å². The molecule has 0 N–H and O–H groups in total. The lowest BCUT2D eigenvalue weighted by atomic mass is 10.1. The summed E-state index contributed by atoms with van der Waals surface area (Å²) in [6, 6.07) is 6.88. The Kier molecular flexibility index (Phi) is 5.12. The lowest BCUT2D eigenvalue weighted by molar-refractivity contribution is 0.198. The quantitative estimate of drug-likeness (QED) is 0.740. The van der Waals surface area contributed by atoms with Gasteiger partial charge in [0.15, 0.2) is 0 Å². The highest BCUT2D eigenvalue weighted by atomic mass is 79.9. The summed E-state index contributed by atoms with van der Waals surface area (Å²) in [4.78, 5) is 0.298. The first-order valence-corrected chi connectivity index (χ1v) is 5.52. The monoisotopic (exact) mass is 260 g/mol. The minimum atomic E-state index is -0.121. The summed E-state index contributed by atoms with van der Waals surface area (Å²) in [5.41, 5.74) is 0.771. The molecule has 0 heterocycles. The Balaban J connectivity index is 2.41. The van der Waals surface area contributed by atoms with Crippen LogP contribution in [-0.2, 0) is 11.2 Å². The van der Waals surface area contributed by atoms with Gasteiger partial charge in [-0.1, -0.05) is 34.1 Å². The van der Waals surface area contributed by atoms with Gasteiger partial charge >= 0.3 is 0 Å². The summed E-state index contributed by atoms with van der Waals surface area (Å²) in [5.74, 6) is -0.121. The highest BCUT2D eigenvalue weighted by molar-refractivity contribution is 9.09. The number of alkyl halides is 1. The predicted molar refractivity (Wildman–Crippen MR) is 59.3 cm³/mol. The normalized spacial score (nSPS) is 12.8. The van der Waals surface area contributed by atoms with Crippen molar-refractivity contribution in [2.24, 2.45) is 0 Å². The van der Waals surface area contributed by atoms with E-state index in [4.69, 9.17) is 4.74 Å². The molecule has 0 amide bonds. The first-order valence-electron chi connectivity index (χ1n) is 4.60. The molecule has 0 bridgehead atoms. The van der Waals surface area contributed by atoms with Crippen molar-refractivity contribution in [3.05, 3.63) is 35.6 Å². The second kappa shape index (κ2) is 6.14. The molecular formula is C11H14BrFO. The van der Waals surface area contributed by atoms with Gasteiger partial charge in [-0.05, 0) is 24.5 Å². The second-order valence-electron chi connectivity index (χ2n) is 3.18. The summed E-state index contributed by atoms with van der Waals surface area (Å²) < 4.78 is 18.2. The smallest absolute Gasteiger partial charge is 0.126 e. The van der Waals surface area contributed by atoms with E-state index in [1.54, 1.807) is 13.2 Å². The molecule has 0 aliphatic heterocycles. The molecule has 0 spiro atoms. The SMILES string of the molecule is COCC(Br)CCc1ccccc1F. The molecule has 0 saturated carbocycles. The van der Waals surface area contributed by atoms with Crippen molar-refractivity contribution in [3.63, 3.8) is 0 Å². The molecule has 1 aromatic rings. The van der Waals surface area contributed by atoms with Crippen molar-refractivity contribution >= 4 is 15.9 Å². The predicted octanol–water partition coefficient (Wildman–Crippen LogP) is 3.17. The highest BCUT2D eigenvalue weighted by Gasteiger charge is 2.06. The fourth-order valence-corrected chi connectivity index (χ4v) is 1.77. The van der Waals surface area contributed by atoms with Gasteiger partial charge in [0, 0.05) is 11.9 Å². The van der Waals surface area contributed by atoms with Gasteiger partial charge < -0.3 is 4.74 Å². The van der Waals surface area contributed by atoms with Crippen LogP contribution in [0.25, 0.3) is 0 Å². The van der Waals surface area contributed by atoms with E-state index in [2.05, 4.69) is 15.9 Å². The van der Waals surface area contributed by atoms with E-state index >= 15 is 0 Å². The van der Waals surface area contributed by atoms with Gasteiger partial charge in [0.1, 0.15) is 5.82 Å². The Hall–Kier alpha value is -0.410. The number of hydrogen-bond acceptors (Lipinski definition) is 1. The van der Waals surface area contributed by atoms with Crippen molar-refractivity contribution < 1.29 is 9.13 Å². The van der Waals surface area contributed by atoms with Crippen LogP contribution in [0.1, 0.15) is 12.0 Å². The number of rotatable bonds is 5. The Morgan fingerprint density at radius 3 is 2.79 bits per heavy atom. The maximum absolute atomic E-state index is 13.2. The maximum Gasteiger partial charge on any atom is 0.126 e. The molecule has 78 valence electrons. The molecule has 0 saturated heterocycles. The van der Waals surface area contributed by atoms with Gasteiger partial charge in [-0.15, -0.1) is 0 Å². The van der Waals surface area contributed by atoms with Gasteiger partial charge in [-0.2, -0.15) is 0 Å². The summed E-state index contributed by atoms with van der Waals surface area (Å²) in [6.07, 6.45) is 1.63. The van der Waals surface area contributed by atoms with E-state index in [1.165, 1.54) is 6.07 Å². The van der Waals surface area contributed by atoms with Crippen molar-refractivity contribution in [2.45, 2.75) is 17.7 Å². The van der Waals surface area contributed by atoms with Crippen LogP contribution in [-0.4, -0.2) is 18.5 Å². The van der Waals surface area contributed by atoms with Crippen LogP contribution in [0.3, 0.4) is 0 Å². The molecule has 0 aliphatic carbocycles. The molecule has 1 nitrogen and oxygen atoms in total. The fourth-order valence-electron chi connectivity index (χ4n) is 1.28. The van der Waals surface area contributed by atoms with Crippen LogP contribution >= 0.6 is 15.9 Å². The first-order chi connectivity index (χ1) is 6.74. The lowest BCUT2D eigenvalue weighted by Crippen LogP contribution is -2.08. The molecular weight excluding hydrogens is 247 g/mol. The zero-order chi connectivity index (χ0) is 10.4. The Labute approximate surface area is 92.4 Å². The number of benzene rings is 1. The number of aryl methyl sites for hydroxylation is 1. The maximum atomic E-state index is 13.2. The van der Waals surface area contributed by atoms with Crippen molar-refractivity contribution in [1.29, 1.82) is 0 Å². The average molecular weight is 261 g/mol. The largest absolute Gasteiger partial charge is 0.384 e. The molecule has 0 aliphatic rings. The third kappa shape index (κ3) is 3.76. The second-order valence-corrected chi connectivity index (χ2v) is 4.48. The minimum absolute atomic E-state index is 0.121. The molecule has 0 aromatic heterocycles. The van der Waals surface area contributed by atoms with Crippen molar-refractivity contribution in [2.75, 3.05) is 13.7 Å². The van der Waals surface area contributed by atoms with Gasteiger partial charge in [-0.25, -0.2) is 4.39 Å². The van der Waals surface area contributed by atoms with E-state index in [0.717, 1.165) is 18.4 Å². The molecule has 1 rings (SSSR count). The van der Waals surface area contributed by atoms with E-state index in [9.17, 15) is 4.39 Å². The molecule has 3 heteroatoms. The number of halogens is 2. The molecule has 1 unspecified atom stereocenters. The number of methoxy groups -OCH3 is 1. The molecule has 0 radical (unpaired) electrons. The van der Waals surface area contributed by atoms with Crippen molar-refractivity contribution in [3.8, 4) is 0 Å². The van der Waals surface area contributed by atoms with Gasteiger partial charge in [0.2, 0.25) is 0 Å². The van der Waals surface area contributed by atoms with Crippen LogP contribution < -0.4 is 0 Å². The van der Waals surface area contributed by atoms with Crippen LogP contribution in [0.5, 0.6) is 0 Å². The topological polar surface area (TPSA) is 9.23 Å². The number of ether oxygens (including phenoxy) is 1. The summed E-state index contributed by atoms with van der Waals surface area (Å²) in [5, 5.41) is 0. The van der Waals surface area contributed by atoms with Crippen LogP contribution in [0.15, 0.2) is 24.3 Å². The first kappa shape index (κ1) is 11.7.